The van der Waals surface area contributed by atoms with E-state index >= 15 is 0 Å². The Labute approximate surface area is 125 Å². The molecular weight excluding hydrogens is 262 g/mol. The molecule has 3 rings (SSSR count). The lowest BCUT2D eigenvalue weighted by atomic mass is 9.98. The summed E-state index contributed by atoms with van der Waals surface area (Å²) in [4.78, 5) is 0. The lowest BCUT2D eigenvalue weighted by molar-refractivity contribution is 0.0816. The minimum atomic E-state index is 0.255. The molecule has 21 heavy (non-hydrogen) atoms. The Balaban J connectivity index is 1.72. The van der Waals surface area contributed by atoms with Crippen molar-refractivity contribution in [2.45, 2.75) is 25.8 Å². The van der Waals surface area contributed by atoms with Crippen LogP contribution in [-0.2, 0) is 29.2 Å². The van der Waals surface area contributed by atoms with Gasteiger partial charge < -0.3 is 14.8 Å². The molecule has 1 unspecified atom stereocenters. The average molecular weight is 283 g/mol. The Morgan fingerprint density at radius 2 is 1.86 bits per heavy atom. The topological polar surface area (TPSA) is 30.5 Å². The number of hydrogen-bond acceptors (Lipinski definition) is 3. The Kier molecular flexibility index (Phi) is 4.65. The first-order valence-electron chi connectivity index (χ1n) is 7.33. The maximum atomic E-state index is 5.69. The van der Waals surface area contributed by atoms with Gasteiger partial charge in [0, 0.05) is 13.7 Å². The summed E-state index contributed by atoms with van der Waals surface area (Å²) in [5.74, 6) is 0. The molecule has 2 aromatic rings. The molecule has 3 heteroatoms. The van der Waals surface area contributed by atoms with E-state index in [1.165, 1.54) is 22.3 Å². The molecule has 3 nitrogen and oxygen atoms in total. The molecule has 0 aromatic heterocycles. The summed E-state index contributed by atoms with van der Waals surface area (Å²) < 4.78 is 11.0. The molecule has 1 N–H and O–H groups in total. The molecule has 0 saturated carbocycles. The van der Waals surface area contributed by atoms with Crippen molar-refractivity contribution in [2.24, 2.45) is 0 Å². The van der Waals surface area contributed by atoms with Gasteiger partial charge in [0.05, 0.1) is 25.9 Å². The first-order chi connectivity index (χ1) is 10.4. The van der Waals surface area contributed by atoms with Gasteiger partial charge >= 0.3 is 0 Å². The molecule has 2 aromatic carbocycles. The van der Waals surface area contributed by atoms with Crippen LogP contribution in [0.2, 0.25) is 0 Å². The molecule has 0 radical (unpaired) electrons. The fraction of sp³-hybridized carbons (Fsp3) is 0.333. The Bertz CT molecular complexity index is 597. The van der Waals surface area contributed by atoms with Crippen LogP contribution in [0.1, 0.15) is 28.3 Å². The molecule has 0 amide bonds. The van der Waals surface area contributed by atoms with Gasteiger partial charge in [-0.25, -0.2) is 0 Å². The quantitative estimate of drug-likeness (QED) is 0.914. The zero-order valence-electron chi connectivity index (χ0n) is 12.3. The summed E-state index contributed by atoms with van der Waals surface area (Å²) in [6, 6.07) is 17.1. The standard InChI is InChI=1S/C18H21NO2/c1-20-11-15-7-3-2-6-14(15)10-19-18-13-21-12-16-8-4-5-9-17(16)18/h2-9,18-19H,10-13H2,1H3. The van der Waals surface area contributed by atoms with Gasteiger partial charge in [0.15, 0.2) is 0 Å². The van der Waals surface area contributed by atoms with Gasteiger partial charge in [-0.15, -0.1) is 0 Å². The van der Waals surface area contributed by atoms with Crippen LogP contribution in [0.3, 0.4) is 0 Å². The number of hydrogen-bond donors (Lipinski definition) is 1. The highest BCUT2D eigenvalue weighted by atomic mass is 16.5. The first kappa shape index (κ1) is 14.3. The van der Waals surface area contributed by atoms with Gasteiger partial charge in [-0.3, -0.25) is 0 Å². The van der Waals surface area contributed by atoms with Gasteiger partial charge in [0.2, 0.25) is 0 Å². The van der Waals surface area contributed by atoms with Crippen LogP contribution < -0.4 is 5.32 Å². The molecule has 1 atom stereocenters. The summed E-state index contributed by atoms with van der Waals surface area (Å²) in [6.45, 7) is 2.91. The Morgan fingerprint density at radius 3 is 2.71 bits per heavy atom. The second-order valence-corrected chi connectivity index (χ2v) is 5.35. The van der Waals surface area contributed by atoms with Crippen molar-refractivity contribution in [3.63, 3.8) is 0 Å². The minimum Gasteiger partial charge on any atom is -0.380 e. The zero-order chi connectivity index (χ0) is 14.5. The average Bonchev–Trinajstić information content (AvgIpc) is 2.54. The maximum absolute atomic E-state index is 5.69. The van der Waals surface area contributed by atoms with Crippen LogP contribution in [0.4, 0.5) is 0 Å². The van der Waals surface area contributed by atoms with Crippen molar-refractivity contribution < 1.29 is 9.47 Å². The Hall–Kier alpha value is -1.68. The monoisotopic (exact) mass is 283 g/mol. The fourth-order valence-corrected chi connectivity index (χ4v) is 2.81. The van der Waals surface area contributed by atoms with Crippen molar-refractivity contribution >= 4 is 0 Å². The molecule has 1 aliphatic rings. The number of methoxy groups -OCH3 is 1. The molecule has 0 aliphatic carbocycles. The number of rotatable bonds is 5. The predicted octanol–water partition coefficient (Wildman–Crippen LogP) is 3.19. The largest absolute Gasteiger partial charge is 0.380 e. The summed E-state index contributed by atoms with van der Waals surface area (Å²) in [7, 11) is 1.73. The smallest absolute Gasteiger partial charge is 0.0721 e. The van der Waals surface area contributed by atoms with E-state index in [1.807, 2.05) is 0 Å². The molecular formula is C18H21NO2. The summed E-state index contributed by atoms with van der Waals surface area (Å²) in [5, 5.41) is 3.61. The van der Waals surface area contributed by atoms with Gasteiger partial charge in [0.25, 0.3) is 0 Å². The van der Waals surface area contributed by atoms with Crippen LogP contribution >= 0.6 is 0 Å². The van der Waals surface area contributed by atoms with Crippen molar-refractivity contribution in [2.75, 3.05) is 13.7 Å². The van der Waals surface area contributed by atoms with Gasteiger partial charge in [-0.1, -0.05) is 48.5 Å². The van der Waals surface area contributed by atoms with E-state index in [9.17, 15) is 0 Å². The number of fused-ring (bicyclic) bond motifs is 1. The third-order valence-corrected chi connectivity index (χ3v) is 3.93. The van der Waals surface area contributed by atoms with E-state index in [1.54, 1.807) is 7.11 Å². The summed E-state index contributed by atoms with van der Waals surface area (Å²) in [5.41, 5.74) is 5.15. The second-order valence-electron chi connectivity index (χ2n) is 5.35. The normalized spacial score (nSPS) is 17.5. The van der Waals surface area contributed by atoms with Crippen molar-refractivity contribution in [3.05, 3.63) is 70.8 Å². The lowest BCUT2D eigenvalue weighted by Crippen LogP contribution is -2.29. The Morgan fingerprint density at radius 1 is 1.10 bits per heavy atom. The lowest BCUT2D eigenvalue weighted by Gasteiger charge is -2.27. The third-order valence-electron chi connectivity index (χ3n) is 3.93. The SMILES string of the molecule is COCc1ccccc1CNC1COCc2ccccc21. The van der Waals surface area contributed by atoms with Crippen molar-refractivity contribution in [1.82, 2.24) is 5.32 Å². The van der Waals surface area contributed by atoms with Crippen LogP contribution in [0, 0.1) is 0 Å². The van der Waals surface area contributed by atoms with Crippen molar-refractivity contribution in [3.8, 4) is 0 Å². The van der Waals surface area contributed by atoms with E-state index in [-0.39, 0.29) is 6.04 Å². The van der Waals surface area contributed by atoms with E-state index in [0.717, 1.165) is 13.2 Å². The molecule has 1 heterocycles. The second kappa shape index (κ2) is 6.85. The highest BCUT2D eigenvalue weighted by Gasteiger charge is 2.19. The van der Waals surface area contributed by atoms with Crippen LogP contribution in [0.25, 0.3) is 0 Å². The van der Waals surface area contributed by atoms with Crippen LogP contribution in [0.15, 0.2) is 48.5 Å². The van der Waals surface area contributed by atoms with E-state index in [2.05, 4.69) is 53.8 Å². The predicted molar refractivity (Wildman–Crippen MR) is 82.8 cm³/mol. The highest BCUT2D eigenvalue weighted by Crippen LogP contribution is 2.25. The first-order valence-corrected chi connectivity index (χ1v) is 7.33. The maximum Gasteiger partial charge on any atom is 0.0721 e. The third kappa shape index (κ3) is 3.32. The number of ether oxygens (including phenoxy) is 2. The highest BCUT2D eigenvalue weighted by molar-refractivity contribution is 5.32. The van der Waals surface area contributed by atoms with E-state index in [0.29, 0.717) is 13.2 Å². The molecule has 0 fully saturated rings. The number of benzene rings is 2. The van der Waals surface area contributed by atoms with Crippen LogP contribution in [0.5, 0.6) is 0 Å². The van der Waals surface area contributed by atoms with E-state index in [4.69, 9.17) is 9.47 Å². The van der Waals surface area contributed by atoms with Gasteiger partial charge in [-0.2, -0.15) is 0 Å². The number of nitrogens with one attached hydrogen (secondary N) is 1. The van der Waals surface area contributed by atoms with Crippen molar-refractivity contribution in [1.29, 1.82) is 0 Å². The molecule has 110 valence electrons. The van der Waals surface area contributed by atoms with Gasteiger partial charge in [-0.05, 0) is 22.3 Å². The molecule has 0 saturated heterocycles. The van der Waals surface area contributed by atoms with Gasteiger partial charge in [0.1, 0.15) is 0 Å². The fourth-order valence-electron chi connectivity index (χ4n) is 2.81. The zero-order valence-corrected chi connectivity index (χ0v) is 12.3. The summed E-state index contributed by atoms with van der Waals surface area (Å²) >= 11 is 0. The molecule has 1 aliphatic heterocycles. The van der Waals surface area contributed by atoms with Crippen LogP contribution in [-0.4, -0.2) is 13.7 Å². The minimum absolute atomic E-state index is 0.255. The summed E-state index contributed by atoms with van der Waals surface area (Å²) in [6.07, 6.45) is 0. The molecule has 0 spiro atoms. The molecule has 0 bridgehead atoms. The van der Waals surface area contributed by atoms with E-state index < -0.39 is 0 Å².